The Kier molecular flexibility index (Phi) is 6.22. The minimum atomic E-state index is -4.20. The van der Waals surface area contributed by atoms with Crippen molar-refractivity contribution in [2.24, 2.45) is 11.8 Å². The lowest BCUT2D eigenvalue weighted by atomic mass is 9.69. The molecule has 0 aromatic heterocycles. The van der Waals surface area contributed by atoms with E-state index in [0.29, 0.717) is 25.7 Å². The maximum Gasteiger partial charge on any atom is 0.391 e. The Morgan fingerprint density at radius 3 is 2.26 bits per heavy atom. The molecule has 0 bridgehead atoms. The van der Waals surface area contributed by atoms with Crippen LogP contribution in [0.4, 0.5) is 17.6 Å². The number of halogens is 5. The molecule has 1 aliphatic heterocycles. The third-order valence-corrected chi connectivity index (χ3v) is 8.15. The molecule has 3 saturated carbocycles. The van der Waals surface area contributed by atoms with Gasteiger partial charge >= 0.3 is 6.18 Å². The Hall–Kier alpha value is -1.09. The third kappa shape index (κ3) is 4.28. The average molecular weight is 469 g/mol. The fourth-order valence-electron chi connectivity index (χ4n) is 5.92. The predicted octanol–water partition coefficient (Wildman–Crippen LogP) is 3.42. The van der Waals surface area contributed by atoms with E-state index < -0.39 is 36.0 Å². The molecule has 4 aliphatic rings. The van der Waals surface area contributed by atoms with Gasteiger partial charge in [-0.2, -0.15) is 13.2 Å². The first-order chi connectivity index (χ1) is 14.5. The second kappa shape index (κ2) is 8.36. The van der Waals surface area contributed by atoms with Crippen LogP contribution in [0, 0.1) is 11.8 Å². The molecule has 1 N–H and O–H groups in total. The first-order valence-electron chi connectivity index (χ1n) is 11.2. The summed E-state index contributed by atoms with van der Waals surface area (Å²) in [7, 11) is 0. The van der Waals surface area contributed by atoms with Crippen molar-refractivity contribution in [2.45, 2.75) is 93.2 Å². The monoisotopic (exact) mass is 468 g/mol. The van der Waals surface area contributed by atoms with Gasteiger partial charge in [0.1, 0.15) is 18.3 Å². The van der Waals surface area contributed by atoms with Crippen molar-refractivity contribution in [1.82, 2.24) is 9.80 Å². The van der Waals surface area contributed by atoms with Crippen LogP contribution in [0.5, 0.6) is 0 Å². The van der Waals surface area contributed by atoms with Gasteiger partial charge in [-0.05, 0) is 50.9 Å². The molecule has 1 spiro atoms. The molecular weight excluding hydrogens is 440 g/mol. The average Bonchev–Trinajstić information content (AvgIpc) is 2.66. The molecule has 31 heavy (non-hydrogen) atoms. The summed E-state index contributed by atoms with van der Waals surface area (Å²) in [6.45, 7) is -0.0181. The normalized spacial score (nSPS) is 42.1. The van der Waals surface area contributed by atoms with Gasteiger partial charge < -0.3 is 14.9 Å². The minimum absolute atomic E-state index is 0.0249. The first kappa shape index (κ1) is 23.1. The van der Waals surface area contributed by atoms with Gasteiger partial charge in [0.2, 0.25) is 11.8 Å². The van der Waals surface area contributed by atoms with Gasteiger partial charge in [0.05, 0.1) is 18.1 Å². The predicted molar refractivity (Wildman–Crippen MR) is 105 cm³/mol. The Labute approximate surface area is 184 Å². The van der Waals surface area contributed by atoms with E-state index in [1.807, 2.05) is 0 Å². The molecule has 10 heteroatoms. The molecule has 2 amide bonds. The van der Waals surface area contributed by atoms with Gasteiger partial charge in [-0.25, -0.2) is 4.39 Å². The molecule has 176 valence electrons. The van der Waals surface area contributed by atoms with Crippen molar-refractivity contribution in [3.05, 3.63) is 0 Å². The zero-order chi connectivity index (χ0) is 22.6. The van der Waals surface area contributed by atoms with E-state index in [2.05, 4.69) is 0 Å². The number of aliphatic hydroxyl groups excluding tert-OH is 1. The number of rotatable bonds is 3. The molecule has 5 nitrogen and oxygen atoms in total. The number of nitrogens with zero attached hydrogens (tertiary/aromatic N) is 2. The van der Waals surface area contributed by atoms with Crippen LogP contribution >= 0.6 is 11.6 Å². The van der Waals surface area contributed by atoms with Crippen LogP contribution in [0.1, 0.15) is 57.8 Å². The summed E-state index contributed by atoms with van der Waals surface area (Å²) in [5, 5.41) is 9.69. The van der Waals surface area contributed by atoms with E-state index in [1.54, 1.807) is 0 Å². The first-order valence-corrected chi connectivity index (χ1v) is 11.6. The highest BCUT2D eigenvalue weighted by atomic mass is 35.5. The van der Waals surface area contributed by atoms with Crippen LogP contribution in [0.3, 0.4) is 0 Å². The topological polar surface area (TPSA) is 60.9 Å². The molecule has 4 rings (SSSR count). The smallest absolute Gasteiger partial charge is 0.391 e. The molecule has 1 heterocycles. The molecule has 0 radical (unpaired) electrons. The second-order valence-corrected chi connectivity index (χ2v) is 10.4. The minimum Gasteiger partial charge on any atom is -0.393 e. The summed E-state index contributed by atoms with van der Waals surface area (Å²) in [4.78, 5) is 29.4. The summed E-state index contributed by atoms with van der Waals surface area (Å²) in [5.74, 6) is -2.08. The van der Waals surface area contributed by atoms with Crippen molar-refractivity contribution in [3.63, 3.8) is 0 Å². The largest absolute Gasteiger partial charge is 0.393 e. The quantitative estimate of drug-likeness (QED) is 0.510. The number of hydrogen-bond donors (Lipinski definition) is 1. The number of carbonyl (C=O) groups excluding carboxylic acids is 2. The van der Waals surface area contributed by atoms with Crippen LogP contribution in [-0.4, -0.2) is 75.2 Å². The Morgan fingerprint density at radius 1 is 1.06 bits per heavy atom. The molecule has 3 aliphatic carbocycles. The summed E-state index contributed by atoms with van der Waals surface area (Å²) in [6.07, 6.45) is -4.23. The van der Waals surface area contributed by atoms with E-state index in [1.165, 1.54) is 9.80 Å². The van der Waals surface area contributed by atoms with E-state index in [0.717, 1.165) is 0 Å². The standard InChI is InChI=1S/C21H29ClF4N2O3/c22-14-5-6-17(16(23)7-14)27-11-18(30)28(20(19(27)31)8-15(29)9-20)10-12-1-3-13(4-2-12)21(24,25)26/h12-17,29H,1-11H2. The highest BCUT2D eigenvalue weighted by Crippen LogP contribution is 2.46. The van der Waals surface area contributed by atoms with Gasteiger partial charge in [-0.3, -0.25) is 9.59 Å². The Bertz CT molecular complexity index is 707. The van der Waals surface area contributed by atoms with Crippen LogP contribution in [0.25, 0.3) is 0 Å². The Balaban J connectivity index is 1.47. The molecule has 3 atom stereocenters. The molecular formula is C21H29ClF4N2O3. The number of piperazine rings is 1. The fraction of sp³-hybridized carbons (Fsp3) is 0.905. The molecule has 1 saturated heterocycles. The lowest BCUT2D eigenvalue weighted by Gasteiger charge is -2.58. The number of amides is 2. The summed E-state index contributed by atoms with van der Waals surface area (Å²) >= 11 is 6.04. The van der Waals surface area contributed by atoms with Gasteiger partial charge in [-0.1, -0.05) is 0 Å². The van der Waals surface area contributed by atoms with Gasteiger partial charge in [-0.15, -0.1) is 11.6 Å². The highest BCUT2D eigenvalue weighted by Gasteiger charge is 2.61. The maximum absolute atomic E-state index is 14.7. The lowest BCUT2D eigenvalue weighted by Crippen LogP contribution is -2.76. The number of alkyl halides is 5. The Morgan fingerprint density at radius 2 is 1.71 bits per heavy atom. The van der Waals surface area contributed by atoms with Gasteiger partial charge in [0.15, 0.2) is 0 Å². The van der Waals surface area contributed by atoms with Crippen LogP contribution in [0.2, 0.25) is 0 Å². The van der Waals surface area contributed by atoms with Crippen LogP contribution < -0.4 is 0 Å². The van der Waals surface area contributed by atoms with E-state index in [9.17, 15) is 32.3 Å². The lowest BCUT2D eigenvalue weighted by molar-refractivity contribution is -0.191. The second-order valence-electron chi connectivity index (χ2n) is 9.78. The summed E-state index contributed by atoms with van der Waals surface area (Å²) in [6, 6.07) is -0.703. The number of carbonyl (C=O) groups is 2. The molecule has 0 aromatic rings. The van der Waals surface area contributed by atoms with E-state index in [-0.39, 0.29) is 68.3 Å². The fourth-order valence-corrected chi connectivity index (χ4v) is 6.21. The van der Waals surface area contributed by atoms with Crippen LogP contribution in [-0.2, 0) is 9.59 Å². The molecule has 0 aromatic carbocycles. The highest BCUT2D eigenvalue weighted by molar-refractivity contribution is 6.20. The zero-order valence-corrected chi connectivity index (χ0v) is 18.0. The SMILES string of the molecule is O=C1CN(C2CCC(Cl)CC2F)C(=O)C2(CC(O)C2)N1CC1CCC(C(F)(F)F)CC1. The number of hydrogen-bond acceptors (Lipinski definition) is 3. The van der Waals surface area contributed by atoms with Crippen LogP contribution in [0.15, 0.2) is 0 Å². The van der Waals surface area contributed by atoms with E-state index >= 15 is 0 Å². The van der Waals surface area contributed by atoms with E-state index in [4.69, 9.17) is 11.6 Å². The third-order valence-electron chi connectivity index (χ3n) is 7.75. The number of aliphatic hydroxyl groups is 1. The van der Waals surface area contributed by atoms with Gasteiger partial charge in [0.25, 0.3) is 0 Å². The molecule has 4 fully saturated rings. The molecule has 3 unspecified atom stereocenters. The van der Waals surface area contributed by atoms with Crippen molar-refractivity contribution in [1.29, 1.82) is 0 Å². The summed E-state index contributed by atoms with van der Waals surface area (Å²) < 4.78 is 53.6. The summed E-state index contributed by atoms with van der Waals surface area (Å²) in [5.41, 5.74) is -1.20. The van der Waals surface area contributed by atoms with Crippen molar-refractivity contribution in [2.75, 3.05) is 13.1 Å². The maximum atomic E-state index is 14.7. The van der Waals surface area contributed by atoms with Crippen molar-refractivity contribution < 1.29 is 32.3 Å². The van der Waals surface area contributed by atoms with Crippen molar-refractivity contribution in [3.8, 4) is 0 Å². The zero-order valence-electron chi connectivity index (χ0n) is 17.3. The van der Waals surface area contributed by atoms with Crippen molar-refractivity contribution >= 4 is 23.4 Å². The van der Waals surface area contributed by atoms with Gasteiger partial charge in [0, 0.05) is 24.8 Å².